The van der Waals surface area contributed by atoms with Gasteiger partial charge in [-0.2, -0.15) is 0 Å². The predicted octanol–water partition coefficient (Wildman–Crippen LogP) is 3.78. The third-order valence-corrected chi connectivity index (χ3v) is 6.12. The third kappa shape index (κ3) is 3.05. The molecule has 1 amide bonds. The fraction of sp³-hybridized carbons (Fsp3) is 0.474. The van der Waals surface area contributed by atoms with E-state index in [0.717, 1.165) is 29.3 Å². The van der Waals surface area contributed by atoms with Crippen LogP contribution in [0.2, 0.25) is 0 Å². The zero-order valence-electron chi connectivity index (χ0n) is 15.3. The fourth-order valence-corrected chi connectivity index (χ4v) is 4.60. The van der Waals surface area contributed by atoms with Gasteiger partial charge in [-0.1, -0.05) is 30.0 Å². The van der Waals surface area contributed by atoms with Crippen LogP contribution in [0.1, 0.15) is 40.0 Å². The number of H-pyrrole nitrogens is 1. The van der Waals surface area contributed by atoms with Gasteiger partial charge in [0.25, 0.3) is 0 Å². The third-order valence-electron chi connectivity index (χ3n) is 5.18. The van der Waals surface area contributed by atoms with Crippen molar-refractivity contribution in [1.29, 1.82) is 0 Å². The summed E-state index contributed by atoms with van der Waals surface area (Å²) in [7, 11) is 0. The van der Waals surface area contributed by atoms with Crippen molar-refractivity contribution < 1.29 is 4.79 Å². The van der Waals surface area contributed by atoms with E-state index in [1.807, 2.05) is 36.1 Å². The van der Waals surface area contributed by atoms with Gasteiger partial charge >= 0.3 is 0 Å². The Morgan fingerprint density at radius 3 is 2.73 bits per heavy atom. The number of carbonyl (C=O) groups is 1. The Hall–Kier alpha value is -2.15. The molecule has 136 valence electrons. The number of likely N-dealkylation sites (tertiary alicyclic amines) is 1. The summed E-state index contributed by atoms with van der Waals surface area (Å²) in [5, 5.41) is 9.89. The number of nitrogens with zero attached hydrogens (tertiary/aromatic N) is 4. The number of benzene rings is 1. The number of para-hydroxylation sites is 1. The molecule has 2 aromatic heterocycles. The molecule has 1 aliphatic heterocycles. The van der Waals surface area contributed by atoms with Gasteiger partial charge in [0.05, 0.1) is 5.25 Å². The molecule has 0 unspecified atom stereocenters. The normalized spacial score (nSPS) is 22.0. The summed E-state index contributed by atoms with van der Waals surface area (Å²) < 4.78 is 0. The second-order valence-electron chi connectivity index (χ2n) is 7.10. The Labute approximate surface area is 156 Å². The summed E-state index contributed by atoms with van der Waals surface area (Å²) in [6.07, 6.45) is 3.34. The van der Waals surface area contributed by atoms with Crippen molar-refractivity contribution in [3.63, 3.8) is 0 Å². The number of carbonyl (C=O) groups excluding carboxylic acids is 1. The minimum Gasteiger partial charge on any atom is -0.338 e. The lowest BCUT2D eigenvalue weighted by Crippen LogP contribution is -2.50. The molecule has 3 heterocycles. The maximum Gasteiger partial charge on any atom is 0.236 e. The maximum atomic E-state index is 12.9. The van der Waals surface area contributed by atoms with Crippen LogP contribution in [0.4, 0.5) is 0 Å². The van der Waals surface area contributed by atoms with Crippen LogP contribution < -0.4 is 0 Å². The summed E-state index contributed by atoms with van der Waals surface area (Å²) in [5.41, 5.74) is 2.47. The monoisotopic (exact) mass is 369 g/mol. The van der Waals surface area contributed by atoms with Crippen molar-refractivity contribution in [2.45, 2.75) is 62.5 Å². The molecule has 0 saturated carbocycles. The topological polar surface area (TPSA) is 74.8 Å². The first-order chi connectivity index (χ1) is 12.5. The van der Waals surface area contributed by atoms with Gasteiger partial charge in [-0.15, -0.1) is 10.2 Å². The summed E-state index contributed by atoms with van der Waals surface area (Å²) >= 11 is 1.38. The molecule has 7 heteroatoms. The Bertz CT molecular complexity index is 945. The van der Waals surface area contributed by atoms with E-state index in [0.29, 0.717) is 22.9 Å². The molecule has 3 atom stereocenters. The second-order valence-corrected chi connectivity index (χ2v) is 8.40. The van der Waals surface area contributed by atoms with E-state index in [1.165, 1.54) is 18.2 Å². The molecule has 6 nitrogen and oxygen atoms in total. The van der Waals surface area contributed by atoms with Gasteiger partial charge in [0, 0.05) is 23.0 Å². The molecule has 0 radical (unpaired) electrons. The molecular formula is C19H23N5OS. The van der Waals surface area contributed by atoms with Crippen molar-refractivity contribution in [2.24, 2.45) is 0 Å². The molecule has 1 N–H and O–H groups in total. The Kier molecular flexibility index (Phi) is 4.56. The molecule has 1 aromatic carbocycles. The number of piperidine rings is 1. The molecule has 1 aliphatic rings. The largest absolute Gasteiger partial charge is 0.338 e. The molecule has 0 spiro atoms. The van der Waals surface area contributed by atoms with Gasteiger partial charge in [-0.05, 0) is 46.1 Å². The van der Waals surface area contributed by atoms with E-state index in [1.54, 1.807) is 0 Å². The van der Waals surface area contributed by atoms with Crippen molar-refractivity contribution in [3.8, 4) is 0 Å². The highest BCUT2D eigenvalue weighted by atomic mass is 32.2. The van der Waals surface area contributed by atoms with Crippen LogP contribution in [0.25, 0.3) is 22.1 Å². The Balaban J connectivity index is 1.56. The van der Waals surface area contributed by atoms with Gasteiger partial charge in [-0.3, -0.25) is 4.79 Å². The maximum absolute atomic E-state index is 12.9. The van der Waals surface area contributed by atoms with E-state index in [9.17, 15) is 4.79 Å². The summed E-state index contributed by atoms with van der Waals surface area (Å²) in [6, 6.07) is 8.54. The van der Waals surface area contributed by atoms with E-state index >= 15 is 0 Å². The number of aromatic amines is 1. The first-order valence-corrected chi connectivity index (χ1v) is 10.0. The first kappa shape index (κ1) is 17.3. The SMILES string of the molecule is C[C@@H]1CCC[C@@H](C)N1C(=O)[C@@H](C)Sc1nnc2c(n1)[nH]c1ccccc12. The van der Waals surface area contributed by atoms with Crippen LogP contribution in [0, 0.1) is 0 Å². The van der Waals surface area contributed by atoms with Gasteiger partial charge in [0.2, 0.25) is 11.1 Å². The summed E-state index contributed by atoms with van der Waals surface area (Å²) in [6.45, 7) is 6.21. The van der Waals surface area contributed by atoms with Crippen molar-refractivity contribution in [2.75, 3.05) is 0 Å². The zero-order chi connectivity index (χ0) is 18.3. The number of hydrogen-bond acceptors (Lipinski definition) is 5. The molecule has 1 fully saturated rings. The highest BCUT2D eigenvalue weighted by Gasteiger charge is 2.32. The lowest BCUT2D eigenvalue weighted by molar-refractivity contribution is -0.136. The number of aromatic nitrogens is 4. The van der Waals surface area contributed by atoms with Crippen LogP contribution in [0.3, 0.4) is 0 Å². The summed E-state index contributed by atoms with van der Waals surface area (Å²) in [5.74, 6) is 0.162. The highest BCUT2D eigenvalue weighted by molar-refractivity contribution is 8.00. The molecule has 1 saturated heterocycles. The number of thioether (sulfide) groups is 1. The van der Waals surface area contributed by atoms with E-state index in [-0.39, 0.29) is 11.2 Å². The van der Waals surface area contributed by atoms with Crippen LogP contribution in [-0.2, 0) is 4.79 Å². The minimum absolute atomic E-state index is 0.162. The van der Waals surface area contributed by atoms with Gasteiger partial charge < -0.3 is 9.88 Å². The molecule has 26 heavy (non-hydrogen) atoms. The smallest absolute Gasteiger partial charge is 0.236 e. The summed E-state index contributed by atoms with van der Waals surface area (Å²) in [4.78, 5) is 22.8. The number of fused-ring (bicyclic) bond motifs is 3. The number of hydrogen-bond donors (Lipinski definition) is 1. The van der Waals surface area contributed by atoms with Crippen LogP contribution >= 0.6 is 11.8 Å². The van der Waals surface area contributed by atoms with Crippen LogP contribution in [0.5, 0.6) is 0 Å². The lowest BCUT2D eigenvalue weighted by atomic mass is 9.97. The average Bonchev–Trinajstić information content (AvgIpc) is 2.99. The molecule has 3 aromatic rings. The van der Waals surface area contributed by atoms with Crippen LogP contribution in [-0.4, -0.2) is 48.3 Å². The quantitative estimate of drug-likeness (QED) is 0.711. The minimum atomic E-state index is -0.235. The standard InChI is InChI=1S/C19H23N5OS/c1-11-7-6-8-12(2)24(11)18(25)13(3)26-19-21-17-16(22-23-19)14-9-4-5-10-15(14)20-17/h4-5,9-13H,6-8H2,1-3H3,(H,20,21,23)/t11-,12-,13-/m1/s1. The van der Waals surface area contributed by atoms with Gasteiger partial charge in [0.15, 0.2) is 5.65 Å². The van der Waals surface area contributed by atoms with Crippen molar-refractivity contribution in [3.05, 3.63) is 24.3 Å². The average molecular weight is 369 g/mol. The number of nitrogens with one attached hydrogen (secondary N) is 1. The van der Waals surface area contributed by atoms with E-state index in [2.05, 4.69) is 34.0 Å². The zero-order valence-corrected chi connectivity index (χ0v) is 16.1. The Morgan fingerprint density at radius 2 is 1.96 bits per heavy atom. The molecule has 0 aliphatic carbocycles. The fourth-order valence-electron chi connectivity index (χ4n) is 3.83. The second kappa shape index (κ2) is 6.87. The first-order valence-electron chi connectivity index (χ1n) is 9.14. The van der Waals surface area contributed by atoms with Crippen LogP contribution in [0.15, 0.2) is 29.4 Å². The Morgan fingerprint density at radius 1 is 1.23 bits per heavy atom. The molecule has 0 bridgehead atoms. The number of amides is 1. The highest BCUT2D eigenvalue weighted by Crippen LogP contribution is 2.29. The van der Waals surface area contributed by atoms with Crippen molar-refractivity contribution >= 4 is 39.7 Å². The lowest BCUT2D eigenvalue weighted by Gasteiger charge is -2.40. The molecular weight excluding hydrogens is 346 g/mol. The van der Waals surface area contributed by atoms with Gasteiger partial charge in [0.1, 0.15) is 5.52 Å². The van der Waals surface area contributed by atoms with Gasteiger partial charge in [-0.25, -0.2) is 4.98 Å². The molecule has 4 rings (SSSR count). The van der Waals surface area contributed by atoms with E-state index < -0.39 is 0 Å². The van der Waals surface area contributed by atoms with E-state index in [4.69, 9.17) is 0 Å². The van der Waals surface area contributed by atoms with Crippen molar-refractivity contribution in [1.82, 2.24) is 25.1 Å². The number of rotatable bonds is 3. The predicted molar refractivity (Wildman–Crippen MR) is 104 cm³/mol.